The number of alkyl halides is 2. The summed E-state index contributed by atoms with van der Waals surface area (Å²) in [5.41, 5.74) is -1.50. The number of aromatic nitrogens is 1. The zero-order valence-corrected chi connectivity index (χ0v) is 8.48. The van der Waals surface area contributed by atoms with Gasteiger partial charge in [0, 0.05) is 0 Å². The quantitative estimate of drug-likeness (QED) is 0.759. The standard InChI is InChI=1S/C8H2Cl2F2N2O/c9-5-3(2-13)1-4(7(10)15)14-6(5)8(11)12/h1,8H. The molecule has 0 radical (unpaired) electrons. The molecule has 1 aromatic heterocycles. The summed E-state index contributed by atoms with van der Waals surface area (Å²) in [4.78, 5) is 14.0. The first-order valence-corrected chi connectivity index (χ1v) is 4.31. The number of nitriles is 1. The van der Waals surface area contributed by atoms with Gasteiger partial charge in [-0.05, 0) is 17.7 Å². The molecule has 0 saturated carbocycles. The topological polar surface area (TPSA) is 53.8 Å². The van der Waals surface area contributed by atoms with E-state index in [-0.39, 0.29) is 5.56 Å². The smallest absolute Gasteiger partial charge is 0.274 e. The summed E-state index contributed by atoms with van der Waals surface area (Å²) >= 11 is 10.5. The van der Waals surface area contributed by atoms with Crippen LogP contribution in [-0.4, -0.2) is 10.2 Å². The Kier molecular flexibility index (Phi) is 3.56. The minimum atomic E-state index is -2.97. The van der Waals surface area contributed by atoms with Crippen molar-refractivity contribution in [2.45, 2.75) is 6.43 Å². The third-order valence-electron chi connectivity index (χ3n) is 1.51. The highest BCUT2D eigenvalue weighted by molar-refractivity contribution is 6.67. The molecule has 1 aromatic rings. The lowest BCUT2D eigenvalue weighted by Crippen LogP contribution is -2.02. The molecule has 1 rings (SSSR count). The van der Waals surface area contributed by atoms with E-state index < -0.39 is 28.1 Å². The average molecular weight is 251 g/mol. The second-order valence-corrected chi connectivity index (χ2v) is 3.16. The number of carbonyl (C=O) groups excluding carboxylic acids is 1. The van der Waals surface area contributed by atoms with Gasteiger partial charge in [-0.1, -0.05) is 11.6 Å². The van der Waals surface area contributed by atoms with Crippen molar-refractivity contribution in [3.63, 3.8) is 0 Å². The molecular weight excluding hydrogens is 249 g/mol. The van der Waals surface area contributed by atoms with E-state index in [0.29, 0.717) is 0 Å². The molecule has 0 fully saturated rings. The van der Waals surface area contributed by atoms with Gasteiger partial charge in [0.05, 0.1) is 10.6 Å². The van der Waals surface area contributed by atoms with Gasteiger partial charge in [-0.2, -0.15) is 5.26 Å². The molecule has 0 atom stereocenters. The Hall–Kier alpha value is -1.25. The number of nitrogens with zero attached hydrogens (tertiary/aromatic N) is 2. The molecule has 0 unspecified atom stereocenters. The second-order valence-electron chi connectivity index (χ2n) is 2.44. The average Bonchev–Trinajstić information content (AvgIpc) is 2.17. The molecule has 0 aliphatic rings. The Morgan fingerprint density at radius 3 is 2.60 bits per heavy atom. The molecule has 0 aromatic carbocycles. The Morgan fingerprint density at radius 2 is 2.20 bits per heavy atom. The fraction of sp³-hybridized carbons (Fsp3) is 0.125. The maximum absolute atomic E-state index is 12.4. The van der Waals surface area contributed by atoms with Crippen molar-refractivity contribution >= 4 is 28.4 Å². The first-order chi connectivity index (χ1) is 6.97. The zero-order chi connectivity index (χ0) is 11.6. The van der Waals surface area contributed by atoms with Crippen molar-refractivity contribution in [3.8, 4) is 6.07 Å². The van der Waals surface area contributed by atoms with Crippen molar-refractivity contribution in [1.82, 2.24) is 4.98 Å². The van der Waals surface area contributed by atoms with Gasteiger partial charge >= 0.3 is 0 Å². The van der Waals surface area contributed by atoms with Crippen molar-refractivity contribution < 1.29 is 13.6 Å². The maximum atomic E-state index is 12.4. The lowest BCUT2D eigenvalue weighted by Gasteiger charge is -2.04. The lowest BCUT2D eigenvalue weighted by atomic mass is 10.2. The Morgan fingerprint density at radius 1 is 1.60 bits per heavy atom. The minimum absolute atomic E-state index is 0.258. The fourth-order valence-electron chi connectivity index (χ4n) is 0.876. The molecule has 1 heterocycles. The predicted molar refractivity (Wildman–Crippen MR) is 49.1 cm³/mol. The SMILES string of the molecule is N#Cc1cc(C(=O)Cl)nc(C(F)F)c1Cl. The maximum Gasteiger partial charge on any atom is 0.281 e. The Bertz CT molecular complexity index is 457. The zero-order valence-electron chi connectivity index (χ0n) is 6.97. The van der Waals surface area contributed by atoms with E-state index in [1.54, 1.807) is 6.07 Å². The highest BCUT2D eigenvalue weighted by atomic mass is 35.5. The summed E-state index contributed by atoms with van der Waals surface area (Å²) in [6.07, 6.45) is -2.97. The molecule has 0 aliphatic carbocycles. The van der Waals surface area contributed by atoms with Gasteiger partial charge in [0.1, 0.15) is 17.5 Å². The van der Waals surface area contributed by atoms with Crippen molar-refractivity contribution in [1.29, 1.82) is 5.26 Å². The van der Waals surface area contributed by atoms with E-state index in [1.165, 1.54) is 0 Å². The number of carbonyl (C=O) groups is 1. The lowest BCUT2D eigenvalue weighted by molar-refractivity contribution is 0.107. The summed E-state index contributed by atoms with van der Waals surface area (Å²) in [7, 11) is 0. The molecular formula is C8H2Cl2F2N2O. The van der Waals surface area contributed by atoms with Crippen LogP contribution < -0.4 is 0 Å². The predicted octanol–water partition coefficient (Wildman–Crippen LogP) is 2.92. The first kappa shape index (κ1) is 11.8. The Balaban J connectivity index is 3.47. The van der Waals surface area contributed by atoms with Crippen LogP contribution in [0.25, 0.3) is 0 Å². The van der Waals surface area contributed by atoms with Gasteiger partial charge in [-0.25, -0.2) is 13.8 Å². The summed E-state index contributed by atoms with van der Waals surface area (Å²) in [6.45, 7) is 0. The normalized spacial score (nSPS) is 10.1. The van der Waals surface area contributed by atoms with Crippen LogP contribution in [0.2, 0.25) is 5.02 Å². The molecule has 0 aliphatic heterocycles. The molecule has 7 heteroatoms. The fourth-order valence-corrected chi connectivity index (χ4v) is 1.19. The molecule has 3 nitrogen and oxygen atoms in total. The number of hydrogen-bond donors (Lipinski definition) is 0. The number of halogens is 4. The molecule has 0 saturated heterocycles. The second kappa shape index (κ2) is 4.51. The van der Waals surface area contributed by atoms with E-state index in [1.807, 2.05) is 0 Å². The first-order valence-electron chi connectivity index (χ1n) is 3.56. The van der Waals surface area contributed by atoms with Crippen molar-refractivity contribution in [2.75, 3.05) is 0 Å². The van der Waals surface area contributed by atoms with Crippen LogP contribution in [0.15, 0.2) is 6.07 Å². The molecule has 0 N–H and O–H groups in total. The van der Waals surface area contributed by atoms with Gasteiger partial charge in [-0.15, -0.1) is 0 Å². The Labute approximate surface area is 93.2 Å². The van der Waals surface area contributed by atoms with E-state index in [4.69, 9.17) is 28.5 Å². The molecule has 15 heavy (non-hydrogen) atoms. The van der Waals surface area contributed by atoms with Crippen LogP contribution in [0.5, 0.6) is 0 Å². The monoisotopic (exact) mass is 250 g/mol. The van der Waals surface area contributed by atoms with Crippen LogP contribution >= 0.6 is 23.2 Å². The number of rotatable bonds is 2. The van der Waals surface area contributed by atoms with E-state index in [2.05, 4.69) is 4.98 Å². The highest BCUT2D eigenvalue weighted by Gasteiger charge is 2.20. The van der Waals surface area contributed by atoms with E-state index in [0.717, 1.165) is 6.07 Å². The summed E-state index contributed by atoms with van der Waals surface area (Å²) in [6, 6.07) is 2.53. The van der Waals surface area contributed by atoms with Gasteiger partial charge in [0.15, 0.2) is 0 Å². The molecule has 0 amide bonds. The summed E-state index contributed by atoms with van der Waals surface area (Å²) in [5.74, 6) is 0. The summed E-state index contributed by atoms with van der Waals surface area (Å²) < 4.78 is 24.8. The van der Waals surface area contributed by atoms with Gasteiger partial charge in [0.2, 0.25) is 0 Å². The molecule has 0 spiro atoms. The number of hydrogen-bond acceptors (Lipinski definition) is 3. The highest BCUT2D eigenvalue weighted by Crippen LogP contribution is 2.28. The van der Waals surface area contributed by atoms with Crippen LogP contribution in [0.4, 0.5) is 8.78 Å². The van der Waals surface area contributed by atoms with Gasteiger partial charge in [-0.3, -0.25) is 4.79 Å². The van der Waals surface area contributed by atoms with Gasteiger partial charge in [0.25, 0.3) is 11.7 Å². The van der Waals surface area contributed by atoms with Crippen molar-refractivity contribution in [2.24, 2.45) is 0 Å². The third kappa shape index (κ3) is 2.41. The minimum Gasteiger partial charge on any atom is -0.274 e. The van der Waals surface area contributed by atoms with Crippen molar-refractivity contribution in [3.05, 3.63) is 28.0 Å². The third-order valence-corrected chi connectivity index (χ3v) is 2.10. The van der Waals surface area contributed by atoms with Crippen LogP contribution in [0.3, 0.4) is 0 Å². The van der Waals surface area contributed by atoms with E-state index >= 15 is 0 Å². The molecule has 78 valence electrons. The summed E-state index contributed by atoms with van der Waals surface area (Å²) in [5, 5.41) is 7.08. The van der Waals surface area contributed by atoms with Crippen LogP contribution in [0.1, 0.15) is 28.2 Å². The van der Waals surface area contributed by atoms with Crippen LogP contribution in [0, 0.1) is 11.3 Å². The van der Waals surface area contributed by atoms with Crippen LogP contribution in [-0.2, 0) is 0 Å². The largest absolute Gasteiger partial charge is 0.281 e. The van der Waals surface area contributed by atoms with E-state index in [9.17, 15) is 13.6 Å². The molecule has 0 bridgehead atoms. The van der Waals surface area contributed by atoms with Gasteiger partial charge < -0.3 is 0 Å². The number of pyridine rings is 1.